The van der Waals surface area contributed by atoms with Crippen molar-refractivity contribution in [1.29, 1.82) is 0 Å². The summed E-state index contributed by atoms with van der Waals surface area (Å²) in [7, 11) is -1.48. The van der Waals surface area contributed by atoms with Crippen molar-refractivity contribution in [3.63, 3.8) is 0 Å². The number of benzene rings is 5. The van der Waals surface area contributed by atoms with E-state index in [1.807, 2.05) is 97.1 Å². The minimum atomic E-state index is -1.48. The van der Waals surface area contributed by atoms with E-state index in [2.05, 4.69) is 24.3 Å². The summed E-state index contributed by atoms with van der Waals surface area (Å²) >= 11 is 0. The van der Waals surface area contributed by atoms with Crippen molar-refractivity contribution in [2.24, 2.45) is 0 Å². The smallest absolute Gasteiger partial charge is 0.423 e. The summed E-state index contributed by atoms with van der Waals surface area (Å²) in [6.45, 7) is 0. The Labute approximate surface area is 227 Å². The molecule has 0 saturated heterocycles. The van der Waals surface area contributed by atoms with Gasteiger partial charge in [0.1, 0.15) is 0 Å². The summed E-state index contributed by atoms with van der Waals surface area (Å²) in [5, 5.41) is 18.7. The Morgan fingerprint density at radius 3 is 1.00 bits per heavy atom. The molecule has 1 aromatic heterocycles. The first-order valence-corrected chi connectivity index (χ1v) is 12.7. The lowest BCUT2D eigenvalue weighted by atomic mass is 9.80. The number of rotatable bonds is 6. The van der Waals surface area contributed by atoms with Crippen molar-refractivity contribution >= 4 is 12.6 Å². The van der Waals surface area contributed by atoms with Crippen LogP contribution in [0.25, 0.3) is 56.4 Å². The molecule has 1 heterocycles. The lowest BCUT2D eigenvalue weighted by molar-refractivity contribution is 0.426. The van der Waals surface area contributed by atoms with Crippen LogP contribution < -0.4 is 5.46 Å². The van der Waals surface area contributed by atoms with Gasteiger partial charge in [0.25, 0.3) is 0 Å². The van der Waals surface area contributed by atoms with Crippen LogP contribution in [0.2, 0.25) is 0 Å². The molecule has 39 heavy (non-hydrogen) atoms. The van der Waals surface area contributed by atoms with Crippen molar-refractivity contribution < 1.29 is 10.0 Å². The molecular weight excluding hydrogens is 481 g/mol. The van der Waals surface area contributed by atoms with Gasteiger partial charge in [-0.15, -0.1) is 0 Å². The normalized spacial score (nSPS) is 10.8. The summed E-state index contributed by atoms with van der Waals surface area (Å²) in [6.07, 6.45) is 0. The van der Waals surface area contributed by atoms with E-state index in [1.165, 1.54) is 0 Å². The summed E-state index contributed by atoms with van der Waals surface area (Å²) < 4.78 is 0. The summed E-state index contributed by atoms with van der Waals surface area (Å²) in [5.41, 5.74) is 7.45. The van der Waals surface area contributed by atoms with E-state index < -0.39 is 7.12 Å². The molecule has 0 saturated carbocycles. The highest BCUT2D eigenvalue weighted by Gasteiger charge is 2.13. The molecule has 0 radical (unpaired) electrons. The van der Waals surface area contributed by atoms with Crippen LogP contribution in [0.15, 0.2) is 133 Å². The quantitative estimate of drug-likeness (QED) is 0.276. The molecule has 0 spiro atoms. The number of aromatic nitrogens is 3. The third-order valence-corrected chi connectivity index (χ3v) is 6.60. The van der Waals surface area contributed by atoms with E-state index in [-0.39, 0.29) is 0 Å². The van der Waals surface area contributed by atoms with Crippen molar-refractivity contribution in [3.8, 4) is 56.4 Å². The second-order valence-corrected chi connectivity index (χ2v) is 9.19. The number of hydrogen-bond donors (Lipinski definition) is 2. The molecule has 5 aromatic carbocycles. The zero-order chi connectivity index (χ0) is 26.6. The van der Waals surface area contributed by atoms with E-state index in [9.17, 15) is 10.0 Å². The highest BCUT2D eigenvalue weighted by Crippen LogP contribution is 2.28. The van der Waals surface area contributed by atoms with Gasteiger partial charge in [0.15, 0.2) is 17.5 Å². The van der Waals surface area contributed by atoms with Crippen LogP contribution in [0.5, 0.6) is 0 Å². The van der Waals surface area contributed by atoms with Crippen LogP contribution in [0, 0.1) is 0 Å². The van der Waals surface area contributed by atoms with E-state index in [0.717, 1.165) is 38.9 Å². The molecule has 2 N–H and O–H groups in total. The molecule has 0 fully saturated rings. The number of nitrogens with zero attached hydrogens (tertiary/aromatic N) is 3. The Hall–Kier alpha value is -4.91. The third kappa shape index (κ3) is 5.38. The summed E-state index contributed by atoms with van der Waals surface area (Å²) in [4.78, 5) is 14.5. The van der Waals surface area contributed by atoms with Crippen LogP contribution in [-0.4, -0.2) is 32.1 Å². The van der Waals surface area contributed by atoms with Crippen LogP contribution in [0.4, 0.5) is 0 Å². The molecule has 0 aliphatic rings. The first kappa shape index (κ1) is 24.4. The van der Waals surface area contributed by atoms with Crippen LogP contribution in [-0.2, 0) is 0 Å². The molecule has 0 aliphatic carbocycles. The largest absolute Gasteiger partial charge is 0.488 e. The van der Waals surface area contributed by atoms with Crippen molar-refractivity contribution in [2.75, 3.05) is 0 Å². The van der Waals surface area contributed by atoms with E-state index in [0.29, 0.717) is 22.9 Å². The molecule has 0 unspecified atom stereocenters. The maximum Gasteiger partial charge on any atom is 0.488 e. The second kappa shape index (κ2) is 10.8. The molecule has 6 heteroatoms. The third-order valence-electron chi connectivity index (χ3n) is 6.60. The number of hydrogen-bond acceptors (Lipinski definition) is 5. The predicted molar refractivity (Wildman–Crippen MR) is 157 cm³/mol. The van der Waals surface area contributed by atoms with Crippen molar-refractivity contribution in [3.05, 3.63) is 133 Å². The molecule has 5 nitrogen and oxygen atoms in total. The van der Waals surface area contributed by atoms with Gasteiger partial charge in [-0.3, -0.25) is 0 Å². The van der Waals surface area contributed by atoms with Gasteiger partial charge in [-0.05, 0) is 27.7 Å². The fourth-order valence-corrected chi connectivity index (χ4v) is 4.45. The fraction of sp³-hybridized carbons (Fsp3) is 0. The summed E-state index contributed by atoms with van der Waals surface area (Å²) in [5.74, 6) is 1.82. The minimum absolute atomic E-state index is 0.457. The van der Waals surface area contributed by atoms with Crippen LogP contribution in [0.1, 0.15) is 0 Å². The zero-order valence-corrected chi connectivity index (χ0v) is 21.0. The minimum Gasteiger partial charge on any atom is -0.423 e. The van der Waals surface area contributed by atoms with Gasteiger partial charge in [-0.2, -0.15) is 0 Å². The highest BCUT2D eigenvalue weighted by molar-refractivity contribution is 6.58. The van der Waals surface area contributed by atoms with Gasteiger partial charge in [0.05, 0.1) is 0 Å². The highest BCUT2D eigenvalue weighted by atomic mass is 16.4. The average molecular weight is 505 g/mol. The lowest BCUT2D eigenvalue weighted by Crippen LogP contribution is -2.29. The van der Waals surface area contributed by atoms with Gasteiger partial charge in [0, 0.05) is 16.7 Å². The molecule has 0 atom stereocenters. The maximum absolute atomic E-state index is 9.36. The molecular formula is C33H24BN3O2. The SMILES string of the molecule is OB(O)c1ccc(-c2ccc(-c3nc(-c4ccccc4)nc(-c4ccc(-c5ccccc5)cc4)n3)cc2)cc1. The van der Waals surface area contributed by atoms with Crippen LogP contribution in [0.3, 0.4) is 0 Å². The topological polar surface area (TPSA) is 79.1 Å². The summed E-state index contributed by atoms with van der Waals surface area (Å²) in [6, 6.07) is 43.7. The van der Waals surface area contributed by atoms with Gasteiger partial charge in [0.2, 0.25) is 0 Å². The van der Waals surface area contributed by atoms with Gasteiger partial charge < -0.3 is 10.0 Å². The van der Waals surface area contributed by atoms with Gasteiger partial charge in [-0.1, -0.05) is 133 Å². The molecule has 186 valence electrons. The average Bonchev–Trinajstić information content (AvgIpc) is 3.02. The Morgan fingerprint density at radius 2 is 0.615 bits per heavy atom. The van der Waals surface area contributed by atoms with E-state index >= 15 is 0 Å². The van der Waals surface area contributed by atoms with Gasteiger partial charge >= 0.3 is 7.12 Å². The zero-order valence-electron chi connectivity index (χ0n) is 21.0. The first-order chi connectivity index (χ1) is 19.1. The Kier molecular flexibility index (Phi) is 6.79. The molecule has 0 bridgehead atoms. The van der Waals surface area contributed by atoms with Crippen molar-refractivity contribution in [2.45, 2.75) is 0 Å². The molecule has 6 aromatic rings. The molecule has 0 amide bonds. The second-order valence-electron chi connectivity index (χ2n) is 9.19. The van der Waals surface area contributed by atoms with E-state index in [1.54, 1.807) is 12.1 Å². The Balaban J connectivity index is 1.37. The first-order valence-electron chi connectivity index (χ1n) is 12.7. The van der Waals surface area contributed by atoms with E-state index in [4.69, 9.17) is 15.0 Å². The Morgan fingerprint density at radius 1 is 0.333 bits per heavy atom. The standard InChI is InChI=1S/C33H24BN3O2/c38-34(39)30-21-19-26(20-22-30)25-13-17-29(18-14-25)33-36-31(27-9-5-2-6-10-27)35-32(37-33)28-15-11-24(12-16-28)23-7-3-1-4-8-23/h1-22,38-39H. The lowest BCUT2D eigenvalue weighted by Gasteiger charge is -2.10. The van der Waals surface area contributed by atoms with Gasteiger partial charge in [-0.25, -0.2) is 15.0 Å². The molecule has 0 aliphatic heterocycles. The van der Waals surface area contributed by atoms with Crippen LogP contribution >= 0.6 is 0 Å². The maximum atomic E-state index is 9.36. The monoisotopic (exact) mass is 505 g/mol. The Bertz CT molecular complexity index is 1690. The molecule has 6 rings (SSSR count). The predicted octanol–water partition coefficient (Wildman–Crippen LogP) is 5.89. The van der Waals surface area contributed by atoms with Crippen molar-refractivity contribution in [1.82, 2.24) is 15.0 Å². The fourth-order valence-electron chi connectivity index (χ4n) is 4.45.